The van der Waals surface area contributed by atoms with Crippen LogP contribution in [-0.2, 0) is 0 Å². The van der Waals surface area contributed by atoms with E-state index in [-0.39, 0.29) is 6.10 Å². The molecule has 0 bridgehead atoms. The first kappa shape index (κ1) is 11.0. The Bertz CT molecular complexity index is 276. The first-order chi connectivity index (χ1) is 6.74. The van der Waals surface area contributed by atoms with Gasteiger partial charge in [0.1, 0.15) is 5.82 Å². The van der Waals surface area contributed by atoms with Gasteiger partial charge in [0.05, 0.1) is 6.10 Å². The van der Waals surface area contributed by atoms with E-state index in [1.165, 1.54) is 0 Å². The van der Waals surface area contributed by atoms with E-state index in [1.54, 1.807) is 6.20 Å². The largest absolute Gasteiger partial charge is 0.391 e. The Balaban J connectivity index is 2.41. The lowest BCUT2D eigenvalue weighted by atomic mass is 10.2. The number of pyridine rings is 1. The Morgan fingerprint density at radius 2 is 2.36 bits per heavy atom. The van der Waals surface area contributed by atoms with Crippen molar-refractivity contribution < 1.29 is 5.11 Å². The smallest absolute Gasteiger partial charge is 0.128 e. The van der Waals surface area contributed by atoms with Gasteiger partial charge >= 0.3 is 0 Å². The first-order valence-electron chi connectivity index (χ1n) is 5.07. The average Bonchev–Trinajstić information content (AvgIpc) is 2.17. The van der Waals surface area contributed by atoms with Crippen LogP contribution in [0.15, 0.2) is 18.3 Å². The molecular weight excluding hydrogens is 176 g/mol. The third-order valence-electron chi connectivity index (χ3n) is 2.14. The second-order valence-electron chi connectivity index (χ2n) is 3.49. The molecule has 14 heavy (non-hydrogen) atoms. The Hall–Kier alpha value is -1.09. The Morgan fingerprint density at radius 3 is 3.00 bits per heavy atom. The number of aryl methyl sites for hydroxylation is 1. The van der Waals surface area contributed by atoms with Crippen molar-refractivity contribution in [1.82, 2.24) is 4.98 Å². The fourth-order valence-electron chi connectivity index (χ4n) is 1.32. The molecule has 1 aromatic heterocycles. The van der Waals surface area contributed by atoms with Gasteiger partial charge in [0.2, 0.25) is 0 Å². The van der Waals surface area contributed by atoms with Crippen molar-refractivity contribution >= 4 is 5.82 Å². The van der Waals surface area contributed by atoms with Crippen LogP contribution in [0.2, 0.25) is 0 Å². The van der Waals surface area contributed by atoms with Gasteiger partial charge in [0.25, 0.3) is 0 Å². The summed E-state index contributed by atoms with van der Waals surface area (Å²) in [6.07, 6.45) is 3.31. The molecule has 0 fully saturated rings. The summed E-state index contributed by atoms with van der Waals surface area (Å²) in [5.74, 6) is 0.864. The van der Waals surface area contributed by atoms with Crippen molar-refractivity contribution in [2.24, 2.45) is 0 Å². The van der Waals surface area contributed by atoms with Crippen LogP contribution in [0, 0.1) is 6.92 Å². The zero-order valence-corrected chi connectivity index (χ0v) is 8.83. The van der Waals surface area contributed by atoms with Gasteiger partial charge in [-0.05, 0) is 25.0 Å². The summed E-state index contributed by atoms with van der Waals surface area (Å²) in [4.78, 5) is 4.19. The summed E-state index contributed by atoms with van der Waals surface area (Å²) >= 11 is 0. The molecular formula is C11H18N2O. The number of rotatable bonds is 5. The quantitative estimate of drug-likeness (QED) is 0.753. The lowest BCUT2D eigenvalue weighted by Crippen LogP contribution is -2.19. The van der Waals surface area contributed by atoms with E-state index in [2.05, 4.69) is 17.2 Å². The van der Waals surface area contributed by atoms with Gasteiger partial charge < -0.3 is 10.4 Å². The third-order valence-corrected chi connectivity index (χ3v) is 2.14. The SMILES string of the molecule is CCCC(O)CNc1ncccc1C. The topological polar surface area (TPSA) is 45.1 Å². The Morgan fingerprint density at radius 1 is 1.57 bits per heavy atom. The van der Waals surface area contributed by atoms with Crippen LogP contribution in [0.5, 0.6) is 0 Å². The molecule has 3 heteroatoms. The van der Waals surface area contributed by atoms with Gasteiger partial charge in [0.15, 0.2) is 0 Å². The summed E-state index contributed by atoms with van der Waals surface area (Å²) in [5, 5.41) is 12.6. The molecule has 3 nitrogen and oxygen atoms in total. The highest BCUT2D eigenvalue weighted by atomic mass is 16.3. The number of hydrogen-bond donors (Lipinski definition) is 2. The van der Waals surface area contributed by atoms with Crippen molar-refractivity contribution in [3.8, 4) is 0 Å². The summed E-state index contributed by atoms with van der Waals surface area (Å²) < 4.78 is 0. The monoisotopic (exact) mass is 194 g/mol. The van der Waals surface area contributed by atoms with E-state index >= 15 is 0 Å². The van der Waals surface area contributed by atoms with E-state index in [9.17, 15) is 5.11 Å². The minimum atomic E-state index is -0.276. The predicted octanol–water partition coefficient (Wildman–Crippen LogP) is 1.96. The highest BCUT2D eigenvalue weighted by molar-refractivity contribution is 5.42. The summed E-state index contributed by atoms with van der Waals surface area (Å²) in [7, 11) is 0. The number of nitrogens with zero attached hydrogens (tertiary/aromatic N) is 1. The molecule has 1 heterocycles. The van der Waals surface area contributed by atoms with Crippen LogP contribution in [0.4, 0.5) is 5.82 Å². The van der Waals surface area contributed by atoms with Crippen LogP contribution >= 0.6 is 0 Å². The standard InChI is InChI=1S/C11H18N2O/c1-3-5-10(14)8-13-11-9(2)6-4-7-12-11/h4,6-7,10,14H,3,5,8H2,1-2H3,(H,12,13). The fourth-order valence-corrected chi connectivity index (χ4v) is 1.32. The van der Waals surface area contributed by atoms with Crippen molar-refractivity contribution in [2.45, 2.75) is 32.8 Å². The Labute approximate surface area is 85.2 Å². The molecule has 0 aliphatic rings. The molecule has 78 valence electrons. The molecule has 0 amide bonds. The summed E-state index contributed by atoms with van der Waals surface area (Å²) in [6.45, 7) is 4.64. The van der Waals surface area contributed by atoms with E-state index in [1.807, 2.05) is 19.1 Å². The number of nitrogens with one attached hydrogen (secondary N) is 1. The van der Waals surface area contributed by atoms with Gasteiger partial charge in [0, 0.05) is 12.7 Å². The second-order valence-corrected chi connectivity index (χ2v) is 3.49. The number of anilines is 1. The molecule has 0 aliphatic carbocycles. The van der Waals surface area contributed by atoms with Crippen molar-refractivity contribution in [1.29, 1.82) is 0 Å². The van der Waals surface area contributed by atoms with Crippen molar-refractivity contribution in [3.63, 3.8) is 0 Å². The molecule has 0 aliphatic heterocycles. The molecule has 0 radical (unpaired) electrons. The number of aliphatic hydroxyl groups is 1. The van der Waals surface area contributed by atoms with Gasteiger partial charge in [-0.3, -0.25) is 0 Å². The highest BCUT2D eigenvalue weighted by Gasteiger charge is 2.03. The first-order valence-corrected chi connectivity index (χ1v) is 5.07. The predicted molar refractivity (Wildman–Crippen MR) is 58.4 cm³/mol. The van der Waals surface area contributed by atoms with E-state index in [0.717, 1.165) is 24.2 Å². The van der Waals surface area contributed by atoms with Crippen LogP contribution in [0.3, 0.4) is 0 Å². The van der Waals surface area contributed by atoms with Crippen molar-refractivity contribution in [2.75, 3.05) is 11.9 Å². The van der Waals surface area contributed by atoms with E-state index in [0.29, 0.717) is 6.54 Å². The van der Waals surface area contributed by atoms with Gasteiger partial charge in [-0.2, -0.15) is 0 Å². The lowest BCUT2D eigenvalue weighted by molar-refractivity contribution is 0.176. The molecule has 1 aromatic rings. The number of hydrogen-bond acceptors (Lipinski definition) is 3. The van der Waals surface area contributed by atoms with Crippen LogP contribution in [0.25, 0.3) is 0 Å². The Kier molecular flexibility index (Phi) is 4.40. The van der Waals surface area contributed by atoms with E-state index in [4.69, 9.17) is 0 Å². The van der Waals surface area contributed by atoms with Gasteiger partial charge in [-0.15, -0.1) is 0 Å². The average molecular weight is 194 g/mol. The molecule has 1 unspecified atom stereocenters. The summed E-state index contributed by atoms with van der Waals surface area (Å²) in [5.41, 5.74) is 1.11. The van der Waals surface area contributed by atoms with Crippen LogP contribution in [0.1, 0.15) is 25.3 Å². The zero-order valence-electron chi connectivity index (χ0n) is 8.83. The van der Waals surface area contributed by atoms with Crippen LogP contribution in [-0.4, -0.2) is 22.7 Å². The molecule has 0 aromatic carbocycles. The number of aromatic nitrogens is 1. The lowest BCUT2D eigenvalue weighted by Gasteiger charge is -2.12. The zero-order chi connectivity index (χ0) is 10.4. The molecule has 1 atom stereocenters. The van der Waals surface area contributed by atoms with Gasteiger partial charge in [-0.25, -0.2) is 4.98 Å². The molecule has 0 saturated carbocycles. The maximum Gasteiger partial charge on any atom is 0.128 e. The maximum atomic E-state index is 9.51. The van der Waals surface area contributed by atoms with E-state index < -0.39 is 0 Å². The number of aliphatic hydroxyl groups excluding tert-OH is 1. The highest BCUT2D eigenvalue weighted by Crippen LogP contribution is 2.09. The second kappa shape index (κ2) is 5.60. The van der Waals surface area contributed by atoms with Gasteiger partial charge in [-0.1, -0.05) is 19.4 Å². The molecule has 0 saturated heterocycles. The fraction of sp³-hybridized carbons (Fsp3) is 0.545. The van der Waals surface area contributed by atoms with Crippen LogP contribution < -0.4 is 5.32 Å². The minimum absolute atomic E-state index is 0.276. The minimum Gasteiger partial charge on any atom is -0.391 e. The molecule has 1 rings (SSSR count). The molecule has 0 spiro atoms. The third kappa shape index (κ3) is 3.34. The maximum absolute atomic E-state index is 9.51. The molecule has 2 N–H and O–H groups in total. The van der Waals surface area contributed by atoms with Crippen molar-refractivity contribution in [3.05, 3.63) is 23.9 Å². The summed E-state index contributed by atoms with van der Waals surface area (Å²) in [6, 6.07) is 3.91. The normalized spacial score (nSPS) is 12.5.